The number of anilines is 1. The Kier molecular flexibility index (Phi) is 9.64. The highest BCUT2D eigenvalue weighted by atomic mass is 127. The number of guanidine groups is 1. The molecule has 1 aromatic rings. The van der Waals surface area contributed by atoms with Gasteiger partial charge in [-0.25, -0.2) is 0 Å². The normalized spacial score (nSPS) is 21.4. The van der Waals surface area contributed by atoms with E-state index in [1.165, 1.54) is 36.9 Å². The predicted molar refractivity (Wildman–Crippen MR) is 143 cm³/mol. The molecule has 1 atom stereocenters. The number of likely N-dealkylation sites (tertiary alicyclic amines) is 1. The second kappa shape index (κ2) is 12.2. The van der Waals surface area contributed by atoms with Crippen molar-refractivity contribution in [3.8, 4) is 0 Å². The van der Waals surface area contributed by atoms with E-state index in [0.717, 1.165) is 70.5 Å². The molecule has 178 valence electrons. The van der Waals surface area contributed by atoms with Crippen LogP contribution in [0.4, 0.5) is 5.69 Å². The van der Waals surface area contributed by atoms with Crippen LogP contribution in [0.2, 0.25) is 0 Å². The van der Waals surface area contributed by atoms with E-state index in [1.54, 1.807) is 0 Å². The van der Waals surface area contributed by atoms with Crippen molar-refractivity contribution in [2.45, 2.75) is 63.8 Å². The molecule has 1 amide bonds. The molecular formula is C25H40IN5O. The Morgan fingerprint density at radius 2 is 2.00 bits per heavy atom. The number of para-hydroxylation sites is 1. The van der Waals surface area contributed by atoms with E-state index in [-0.39, 0.29) is 24.0 Å². The number of halogens is 1. The third-order valence-electron chi connectivity index (χ3n) is 7.24. The van der Waals surface area contributed by atoms with Crippen molar-refractivity contribution in [3.63, 3.8) is 0 Å². The molecule has 2 aliphatic heterocycles. The zero-order valence-corrected chi connectivity index (χ0v) is 22.1. The molecule has 1 aliphatic carbocycles. The smallest absolute Gasteiger partial charge is 0.222 e. The maximum atomic E-state index is 12.0. The minimum atomic E-state index is 0. The summed E-state index contributed by atoms with van der Waals surface area (Å²) in [6, 6.07) is 9.46. The molecule has 2 fully saturated rings. The summed E-state index contributed by atoms with van der Waals surface area (Å²) in [7, 11) is 2.25. The van der Waals surface area contributed by atoms with Crippen molar-refractivity contribution in [1.82, 2.24) is 15.1 Å². The fourth-order valence-corrected chi connectivity index (χ4v) is 5.43. The second-order valence-corrected chi connectivity index (χ2v) is 9.29. The van der Waals surface area contributed by atoms with Crippen LogP contribution < -0.4 is 10.2 Å². The van der Waals surface area contributed by atoms with Crippen molar-refractivity contribution >= 4 is 41.5 Å². The number of likely N-dealkylation sites (N-methyl/N-ethyl adjacent to an activating group) is 1. The van der Waals surface area contributed by atoms with Crippen LogP contribution in [0.15, 0.2) is 29.3 Å². The highest BCUT2D eigenvalue weighted by Gasteiger charge is 2.32. The standard InChI is InChI=1S/C25H39N5O.HI/c1-3-26-25(27-15-18-28(2)21-9-4-5-10-21)30-19-20(22-11-6-7-12-23(22)30)14-17-29-16-8-13-24(29)31;/h6-7,11-12,20-21H,3-5,8-10,13-19H2,1-2H3,(H,26,27);1H. The Morgan fingerprint density at radius 1 is 1.22 bits per heavy atom. The number of hydrogen-bond acceptors (Lipinski definition) is 3. The van der Waals surface area contributed by atoms with Gasteiger partial charge in [0.1, 0.15) is 0 Å². The van der Waals surface area contributed by atoms with E-state index >= 15 is 0 Å². The summed E-state index contributed by atoms with van der Waals surface area (Å²) in [6.07, 6.45) is 8.16. The van der Waals surface area contributed by atoms with Crippen LogP contribution in [0.3, 0.4) is 0 Å². The molecule has 1 N–H and O–H groups in total. The number of benzene rings is 1. The van der Waals surface area contributed by atoms with Gasteiger partial charge in [0.25, 0.3) is 0 Å². The molecule has 3 aliphatic rings. The lowest BCUT2D eigenvalue weighted by Gasteiger charge is -2.25. The summed E-state index contributed by atoms with van der Waals surface area (Å²) in [5.74, 6) is 1.76. The van der Waals surface area contributed by atoms with Gasteiger partial charge in [-0.05, 0) is 51.3 Å². The van der Waals surface area contributed by atoms with Gasteiger partial charge in [0.15, 0.2) is 5.96 Å². The number of aliphatic imine (C=N–C) groups is 1. The highest BCUT2D eigenvalue weighted by molar-refractivity contribution is 14.0. The van der Waals surface area contributed by atoms with Gasteiger partial charge in [-0.2, -0.15) is 0 Å². The lowest BCUT2D eigenvalue weighted by molar-refractivity contribution is -0.127. The van der Waals surface area contributed by atoms with Gasteiger partial charge in [0.05, 0.1) is 6.54 Å². The highest BCUT2D eigenvalue weighted by Crippen LogP contribution is 2.38. The SMILES string of the molecule is CCNC(=NCCN(C)C1CCCC1)N1CC(CCN2CCCC2=O)c2ccccc21.I. The number of carbonyl (C=O) groups excluding carboxylic acids is 1. The summed E-state index contributed by atoms with van der Waals surface area (Å²) in [5.41, 5.74) is 2.66. The molecule has 0 aromatic heterocycles. The Balaban J connectivity index is 0.00000289. The van der Waals surface area contributed by atoms with Crippen LogP contribution in [0, 0.1) is 0 Å². The van der Waals surface area contributed by atoms with Crippen molar-refractivity contribution in [3.05, 3.63) is 29.8 Å². The van der Waals surface area contributed by atoms with Gasteiger partial charge in [-0.3, -0.25) is 9.79 Å². The third-order valence-corrected chi connectivity index (χ3v) is 7.24. The first-order valence-corrected chi connectivity index (χ1v) is 12.3. The summed E-state index contributed by atoms with van der Waals surface area (Å²) in [6.45, 7) is 7.56. The Labute approximate surface area is 210 Å². The van der Waals surface area contributed by atoms with E-state index in [4.69, 9.17) is 4.99 Å². The summed E-state index contributed by atoms with van der Waals surface area (Å²) < 4.78 is 0. The second-order valence-electron chi connectivity index (χ2n) is 9.29. The van der Waals surface area contributed by atoms with Crippen LogP contribution in [-0.2, 0) is 4.79 Å². The molecule has 1 unspecified atom stereocenters. The Morgan fingerprint density at radius 3 is 2.72 bits per heavy atom. The van der Waals surface area contributed by atoms with E-state index < -0.39 is 0 Å². The van der Waals surface area contributed by atoms with Crippen LogP contribution in [-0.4, -0.2) is 74.0 Å². The van der Waals surface area contributed by atoms with Gasteiger partial charge in [-0.15, -0.1) is 24.0 Å². The van der Waals surface area contributed by atoms with Crippen molar-refractivity contribution in [2.75, 3.05) is 51.2 Å². The molecule has 1 aromatic carbocycles. The average Bonchev–Trinajstić information content (AvgIpc) is 3.52. The number of nitrogens with one attached hydrogen (secondary N) is 1. The van der Waals surface area contributed by atoms with Crippen molar-refractivity contribution in [1.29, 1.82) is 0 Å². The fourth-order valence-electron chi connectivity index (χ4n) is 5.43. The van der Waals surface area contributed by atoms with E-state index in [1.807, 2.05) is 4.90 Å². The molecule has 1 saturated carbocycles. The number of rotatable bonds is 8. The minimum absolute atomic E-state index is 0. The Hall–Kier alpha value is -1.35. The topological polar surface area (TPSA) is 51.2 Å². The molecule has 0 spiro atoms. The van der Waals surface area contributed by atoms with Crippen LogP contribution in [0.1, 0.15) is 63.4 Å². The molecule has 7 heteroatoms. The molecule has 0 radical (unpaired) electrons. The molecule has 4 rings (SSSR count). The Bertz CT molecular complexity index is 779. The summed E-state index contributed by atoms with van der Waals surface area (Å²) >= 11 is 0. The number of fused-ring (bicyclic) bond motifs is 1. The molecule has 2 heterocycles. The number of amides is 1. The molecule has 1 saturated heterocycles. The number of nitrogens with zero attached hydrogens (tertiary/aromatic N) is 4. The van der Waals surface area contributed by atoms with E-state index in [9.17, 15) is 4.79 Å². The van der Waals surface area contributed by atoms with Gasteiger partial charge >= 0.3 is 0 Å². The monoisotopic (exact) mass is 553 g/mol. The van der Waals surface area contributed by atoms with Gasteiger partial charge < -0.3 is 20.0 Å². The van der Waals surface area contributed by atoms with Gasteiger partial charge in [-0.1, -0.05) is 31.0 Å². The fraction of sp³-hybridized carbons (Fsp3) is 0.680. The quantitative estimate of drug-likeness (QED) is 0.300. The molecule has 32 heavy (non-hydrogen) atoms. The first kappa shape index (κ1) is 25.3. The first-order chi connectivity index (χ1) is 15.2. The third kappa shape index (κ3) is 5.95. The number of carbonyl (C=O) groups is 1. The van der Waals surface area contributed by atoms with Crippen LogP contribution >= 0.6 is 24.0 Å². The van der Waals surface area contributed by atoms with Crippen molar-refractivity contribution in [2.24, 2.45) is 4.99 Å². The summed E-state index contributed by atoms with van der Waals surface area (Å²) in [5, 5.41) is 3.53. The zero-order valence-electron chi connectivity index (χ0n) is 19.8. The largest absolute Gasteiger partial charge is 0.356 e. The van der Waals surface area contributed by atoms with Gasteiger partial charge in [0.2, 0.25) is 5.91 Å². The van der Waals surface area contributed by atoms with E-state index in [0.29, 0.717) is 11.8 Å². The minimum Gasteiger partial charge on any atom is -0.356 e. The molecule has 0 bridgehead atoms. The number of hydrogen-bond donors (Lipinski definition) is 1. The zero-order chi connectivity index (χ0) is 21.6. The maximum absolute atomic E-state index is 12.0. The van der Waals surface area contributed by atoms with Gasteiger partial charge in [0, 0.05) is 56.8 Å². The van der Waals surface area contributed by atoms with Crippen LogP contribution in [0.25, 0.3) is 0 Å². The molecule has 6 nitrogen and oxygen atoms in total. The first-order valence-electron chi connectivity index (χ1n) is 12.3. The molecular weight excluding hydrogens is 513 g/mol. The lowest BCUT2D eigenvalue weighted by Crippen LogP contribution is -2.42. The van der Waals surface area contributed by atoms with E-state index in [2.05, 4.69) is 53.4 Å². The maximum Gasteiger partial charge on any atom is 0.222 e. The summed E-state index contributed by atoms with van der Waals surface area (Å²) in [4.78, 5) is 24.0. The predicted octanol–water partition coefficient (Wildman–Crippen LogP) is 4.06. The van der Waals surface area contributed by atoms with Crippen LogP contribution in [0.5, 0.6) is 0 Å². The lowest BCUT2D eigenvalue weighted by atomic mass is 9.98. The average molecular weight is 554 g/mol. The van der Waals surface area contributed by atoms with Crippen molar-refractivity contribution < 1.29 is 4.79 Å².